The fraction of sp³-hybridized carbons (Fsp3) is 0.500. The first kappa shape index (κ1) is 11.8. The Morgan fingerprint density at radius 3 is 2.71 bits per heavy atom. The van der Waals surface area contributed by atoms with Gasteiger partial charge in [-0.05, 0) is 13.2 Å². The summed E-state index contributed by atoms with van der Waals surface area (Å²) < 4.78 is 1.68. The van der Waals surface area contributed by atoms with Crippen LogP contribution in [0, 0.1) is 0 Å². The minimum Gasteiger partial charge on any atom is -0.293 e. The van der Waals surface area contributed by atoms with Crippen molar-refractivity contribution in [3.63, 3.8) is 0 Å². The number of thioether (sulfide) groups is 2. The lowest BCUT2D eigenvalue weighted by atomic mass is 10.5. The van der Waals surface area contributed by atoms with Crippen LogP contribution in [0.3, 0.4) is 0 Å². The molecule has 0 fully saturated rings. The van der Waals surface area contributed by atoms with Crippen LogP contribution in [0.5, 0.6) is 0 Å². The van der Waals surface area contributed by atoms with Crippen LogP contribution in [0.1, 0.15) is 6.92 Å². The van der Waals surface area contributed by atoms with Crippen LogP contribution in [-0.4, -0.2) is 27.6 Å². The Kier molecular flexibility index (Phi) is 4.66. The van der Waals surface area contributed by atoms with Gasteiger partial charge in [0, 0.05) is 0 Å². The number of hydrogen-bond donors (Lipinski definition) is 2. The highest BCUT2D eigenvalue weighted by Crippen LogP contribution is 2.29. The number of rotatable bonds is 4. The van der Waals surface area contributed by atoms with Crippen LogP contribution in [0.15, 0.2) is 8.68 Å². The summed E-state index contributed by atoms with van der Waals surface area (Å²) in [6.07, 6.45) is 1.94. The second-order valence-corrected chi connectivity index (χ2v) is 5.93. The lowest BCUT2D eigenvalue weighted by Gasteiger charge is -2.05. The monoisotopic (exact) mass is 250 g/mol. The SMILES string of the molecule is CSc1nnc(SC(C)C(=O)NN)s1. The first-order valence-corrected chi connectivity index (χ1v) is 6.64. The molecule has 3 N–H and O–H groups in total. The fourth-order valence-corrected chi connectivity index (χ4v) is 3.24. The zero-order valence-corrected chi connectivity index (χ0v) is 10.1. The van der Waals surface area contributed by atoms with Gasteiger partial charge in [-0.2, -0.15) is 0 Å². The van der Waals surface area contributed by atoms with Crippen molar-refractivity contribution in [1.82, 2.24) is 15.6 Å². The van der Waals surface area contributed by atoms with Crippen LogP contribution >= 0.6 is 34.9 Å². The van der Waals surface area contributed by atoms with Crippen molar-refractivity contribution in [2.75, 3.05) is 6.26 Å². The van der Waals surface area contributed by atoms with E-state index in [2.05, 4.69) is 15.6 Å². The molecule has 8 heteroatoms. The Balaban J connectivity index is 2.55. The predicted molar refractivity (Wildman–Crippen MR) is 59.3 cm³/mol. The topological polar surface area (TPSA) is 80.9 Å². The second kappa shape index (κ2) is 5.54. The normalized spacial score (nSPS) is 12.5. The van der Waals surface area contributed by atoms with E-state index in [1.807, 2.05) is 6.26 Å². The van der Waals surface area contributed by atoms with E-state index in [0.29, 0.717) is 0 Å². The summed E-state index contributed by atoms with van der Waals surface area (Å²) in [5.41, 5.74) is 2.10. The van der Waals surface area contributed by atoms with Gasteiger partial charge in [-0.3, -0.25) is 10.2 Å². The standard InChI is InChI=1S/C6H10N4OS3/c1-3(4(11)8-7)13-6-10-9-5(12-2)14-6/h3H,7H2,1-2H3,(H,8,11). The quantitative estimate of drug-likeness (QED) is 0.355. The molecule has 0 saturated heterocycles. The maximum absolute atomic E-state index is 11.1. The molecule has 5 nitrogen and oxygen atoms in total. The average molecular weight is 250 g/mol. The van der Waals surface area contributed by atoms with Crippen LogP contribution < -0.4 is 11.3 Å². The molecule has 1 atom stereocenters. The number of aromatic nitrogens is 2. The van der Waals surface area contributed by atoms with Gasteiger partial charge in [0.25, 0.3) is 0 Å². The number of amides is 1. The van der Waals surface area contributed by atoms with Crippen LogP contribution in [0.4, 0.5) is 0 Å². The number of carbonyl (C=O) groups excluding carboxylic acids is 1. The molecule has 1 rings (SSSR count). The Morgan fingerprint density at radius 2 is 2.21 bits per heavy atom. The van der Waals surface area contributed by atoms with E-state index in [0.717, 1.165) is 8.68 Å². The molecule has 78 valence electrons. The van der Waals surface area contributed by atoms with Crippen molar-refractivity contribution < 1.29 is 4.79 Å². The Bertz CT molecular complexity index is 316. The third-order valence-electron chi connectivity index (χ3n) is 1.35. The predicted octanol–water partition coefficient (Wildman–Crippen LogP) is 0.731. The molecular weight excluding hydrogens is 240 g/mol. The molecule has 1 aromatic heterocycles. The third-order valence-corrected chi connectivity index (χ3v) is 4.43. The highest BCUT2D eigenvalue weighted by molar-refractivity contribution is 8.03. The van der Waals surface area contributed by atoms with E-state index in [1.165, 1.54) is 34.9 Å². The first-order chi connectivity index (χ1) is 6.67. The number of hydrogen-bond acceptors (Lipinski definition) is 7. The molecule has 1 heterocycles. The van der Waals surface area contributed by atoms with E-state index in [4.69, 9.17) is 5.84 Å². The summed E-state index contributed by atoms with van der Waals surface area (Å²) in [5, 5.41) is 7.61. The minimum atomic E-state index is -0.248. The molecule has 1 unspecified atom stereocenters. The van der Waals surface area contributed by atoms with Gasteiger partial charge in [0.15, 0.2) is 8.68 Å². The highest BCUT2D eigenvalue weighted by Gasteiger charge is 2.15. The molecule has 1 amide bonds. The van der Waals surface area contributed by atoms with Gasteiger partial charge in [-0.15, -0.1) is 10.2 Å². The van der Waals surface area contributed by atoms with Gasteiger partial charge >= 0.3 is 0 Å². The molecule has 1 aromatic rings. The largest absolute Gasteiger partial charge is 0.293 e. The lowest BCUT2D eigenvalue weighted by Crippen LogP contribution is -2.36. The smallest absolute Gasteiger partial charge is 0.247 e. The molecule has 0 aromatic carbocycles. The Labute approximate surface area is 94.2 Å². The molecular formula is C6H10N4OS3. The Hall–Kier alpha value is -0.310. The molecule has 0 aliphatic rings. The summed E-state index contributed by atoms with van der Waals surface area (Å²) in [5.74, 6) is 4.80. The number of carbonyl (C=O) groups is 1. The van der Waals surface area contributed by atoms with Crippen molar-refractivity contribution in [3.8, 4) is 0 Å². The molecule has 14 heavy (non-hydrogen) atoms. The van der Waals surface area contributed by atoms with E-state index in [1.54, 1.807) is 6.92 Å². The molecule has 0 saturated carbocycles. The van der Waals surface area contributed by atoms with Crippen molar-refractivity contribution in [3.05, 3.63) is 0 Å². The fourth-order valence-electron chi connectivity index (χ4n) is 0.649. The molecule has 0 aliphatic carbocycles. The maximum Gasteiger partial charge on any atom is 0.247 e. The maximum atomic E-state index is 11.1. The van der Waals surface area contributed by atoms with Crippen molar-refractivity contribution in [2.45, 2.75) is 20.9 Å². The van der Waals surface area contributed by atoms with Gasteiger partial charge in [0.2, 0.25) is 5.91 Å². The minimum absolute atomic E-state index is 0.212. The van der Waals surface area contributed by atoms with E-state index in [9.17, 15) is 4.79 Å². The van der Waals surface area contributed by atoms with Crippen LogP contribution in [-0.2, 0) is 4.79 Å². The molecule has 0 radical (unpaired) electrons. The van der Waals surface area contributed by atoms with Crippen molar-refractivity contribution >= 4 is 40.8 Å². The van der Waals surface area contributed by atoms with Gasteiger partial charge in [-0.25, -0.2) is 5.84 Å². The number of hydrazine groups is 1. The summed E-state index contributed by atoms with van der Waals surface area (Å²) in [6, 6.07) is 0. The van der Waals surface area contributed by atoms with E-state index in [-0.39, 0.29) is 11.2 Å². The lowest BCUT2D eigenvalue weighted by molar-refractivity contribution is -0.120. The number of nitrogens with one attached hydrogen (secondary N) is 1. The van der Waals surface area contributed by atoms with Gasteiger partial charge in [0.05, 0.1) is 5.25 Å². The van der Waals surface area contributed by atoms with Gasteiger partial charge < -0.3 is 0 Å². The van der Waals surface area contributed by atoms with Crippen LogP contribution in [0.2, 0.25) is 0 Å². The second-order valence-electron chi connectivity index (χ2n) is 2.31. The summed E-state index contributed by atoms with van der Waals surface area (Å²) in [7, 11) is 0. The summed E-state index contributed by atoms with van der Waals surface area (Å²) in [4.78, 5) is 11.1. The zero-order valence-electron chi connectivity index (χ0n) is 7.68. The van der Waals surface area contributed by atoms with Gasteiger partial charge in [0.1, 0.15) is 0 Å². The van der Waals surface area contributed by atoms with Crippen LogP contribution in [0.25, 0.3) is 0 Å². The Morgan fingerprint density at radius 1 is 1.57 bits per heavy atom. The number of nitrogens with zero attached hydrogens (tertiary/aromatic N) is 2. The molecule has 0 spiro atoms. The van der Waals surface area contributed by atoms with Crippen molar-refractivity contribution in [1.29, 1.82) is 0 Å². The summed E-state index contributed by atoms with van der Waals surface area (Å²) in [6.45, 7) is 1.77. The number of nitrogens with two attached hydrogens (primary N) is 1. The first-order valence-electron chi connectivity index (χ1n) is 3.72. The van der Waals surface area contributed by atoms with Crippen molar-refractivity contribution in [2.24, 2.45) is 5.84 Å². The molecule has 0 aliphatic heterocycles. The van der Waals surface area contributed by atoms with Gasteiger partial charge in [-0.1, -0.05) is 34.9 Å². The third kappa shape index (κ3) is 3.12. The highest BCUT2D eigenvalue weighted by atomic mass is 32.2. The summed E-state index contributed by atoms with van der Waals surface area (Å²) >= 11 is 4.36. The molecule has 0 bridgehead atoms. The average Bonchev–Trinajstić information content (AvgIpc) is 2.64. The van der Waals surface area contributed by atoms with E-state index >= 15 is 0 Å². The zero-order chi connectivity index (χ0) is 10.6. The van der Waals surface area contributed by atoms with E-state index < -0.39 is 0 Å².